The second kappa shape index (κ2) is 8.04. The molecule has 4 aliphatic rings. The highest BCUT2D eigenvalue weighted by molar-refractivity contribution is 9.10. The molecule has 1 aliphatic heterocycles. The second-order valence-electron chi connectivity index (χ2n) is 9.53. The Labute approximate surface area is 230 Å². The van der Waals surface area contributed by atoms with Gasteiger partial charge >= 0.3 is 0 Å². The van der Waals surface area contributed by atoms with Gasteiger partial charge in [-0.3, -0.25) is 9.59 Å². The van der Waals surface area contributed by atoms with Crippen molar-refractivity contribution in [2.75, 3.05) is 4.90 Å². The monoisotopic (exact) mass is 611 g/mol. The zero-order valence-electron chi connectivity index (χ0n) is 19.4. The van der Waals surface area contributed by atoms with Crippen LogP contribution in [-0.2, 0) is 18.2 Å². The first-order valence-corrected chi connectivity index (χ1v) is 13.6. The van der Waals surface area contributed by atoms with Gasteiger partial charge in [0.1, 0.15) is 0 Å². The molecule has 37 heavy (non-hydrogen) atoms. The van der Waals surface area contributed by atoms with E-state index in [-0.39, 0.29) is 11.8 Å². The number of benzene rings is 4. The van der Waals surface area contributed by atoms with Crippen molar-refractivity contribution >= 4 is 60.7 Å². The van der Waals surface area contributed by atoms with Crippen molar-refractivity contribution in [2.45, 2.75) is 8.65 Å². The molecular weight excluding hydrogens is 594 g/mol. The number of amides is 2. The number of carbonyl (C=O) groups is 2. The van der Waals surface area contributed by atoms with E-state index < -0.39 is 20.5 Å². The first-order valence-electron chi connectivity index (χ1n) is 12.0. The van der Waals surface area contributed by atoms with E-state index in [1.54, 1.807) is 24.3 Å². The molecule has 4 aromatic carbocycles. The average molecular weight is 613 g/mol. The van der Waals surface area contributed by atoms with E-state index in [9.17, 15) is 9.59 Å². The number of azo groups is 1. The van der Waals surface area contributed by atoms with Gasteiger partial charge in [0.05, 0.1) is 37.5 Å². The van der Waals surface area contributed by atoms with Gasteiger partial charge in [0.2, 0.25) is 11.8 Å². The number of hydrogen-bond acceptors (Lipinski definition) is 4. The molecule has 2 amide bonds. The molecule has 180 valence electrons. The number of nitrogens with zero attached hydrogens (tertiary/aromatic N) is 3. The Balaban J connectivity index is 1.31. The van der Waals surface area contributed by atoms with Crippen LogP contribution in [0.3, 0.4) is 0 Å². The Morgan fingerprint density at radius 3 is 1.35 bits per heavy atom. The first kappa shape index (κ1) is 22.8. The lowest BCUT2D eigenvalue weighted by atomic mass is 9.54. The quantitative estimate of drug-likeness (QED) is 0.136. The second-order valence-corrected chi connectivity index (χ2v) is 12.0. The van der Waals surface area contributed by atoms with Gasteiger partial charge in [-0.05, 0) is 58.7 Å². The molecule has 0 unspecified atom stereocenters. The lowest BCUT2D eigenvalue weighted by Gasteiger charge is -2.55. The summed E-state index contributed by atoms with van der Waals surface area (Å²) in [6.45, 7) is 0. The molecule has 5 nitrogen and oxygen atoms in total. The standard InChI is InChI=1S/C30H19Br2N3O2/c31-29-21-10-4-5-11-22(21)30(32,24-13-7-6-12-23(24)29)26-25(29)27(36)35(28(26)37)20-16-14-19(15-17-20)34-33-18-8-2-1-3-9-18/h1-17,25-26H/t25-,26+,29?,30?. The van der Waals surface area contributed by atoms with Crippen molar-refractivity contribution in [2.24, 2.45) is 22.1 Å². The van der Waals surface area contributed by atoms with E-state index in [0.29, 0.717) is 11.4 Å². The molecule has 2 bridgehead atoms. The van der Waals surface area contributed by atoms with E-state index in [0.717, 1.165) is 27.9 Å². The number of alkyl halides is 2. The molecule has 1 saturated heterocycles. The number of hydrogen-bond donors (Lipinski definition) is 0. The van der Waals surface area contributed by atoms with Crippen LogP contribution in [0.2, 0.25) is 0 Å². The van der Waals surface area contributed by atoms with Crippen LogP contribution in [0.25, 0.3) is 0 Å². The maximum Gasteiger partial charge on any atom is 0.239 e. The molecule has 0 spiro atoms. The van der Waals surface area contributed by atoms with Gasteiger partial charge < -0.3 is 0 Å². The fourth-order valence-corrected chi connectivity index (χ4v) is 8.50. The Morgan fingerprint density at radius 2 is 0.919 bits per heavy atom. The Bertz CT molecular complexity index is 1500. The van der Waals surface area contributed by atoms with Crippen LogP contribution in [0.4, 0.5) is 17.1 Å². The van der Waals surface area contributed by atoms with E-state index in [4.69, 9.17) is 0 Å². The first-order chi connectivity index (χ1) is 18.0. The molecule has 7 heteroatoms. The summed E-state index contributed by atoms with van der Waals surface area (Å²) in [5.41, 5.74) is 6.00. The van der Waals surface area contributed by atoms with E-state index in [2.05, 4.69) is 66.4 Å². The van der Waals surface area contributed by atoms with Crippen LogP contribution >= 0.6 is 31.9 Å². The smallest absolute Gasteiger partial charge is 0.239 e. The SMILES string of the molecule is O=C1[C@@H]2[C@H](C(=O)N1c1ccc(N=Nc3ccccc3)cc1)C1(Br)c3ccccc3C2(Br)c2ccccc21. The van der Waals surface area contributed by atoms with Gasteiger partial charge in [0.25, 0.3) is 0 Å². The molecule has 1 heterocycles. The summed E-state index contributed by atoms with van der Waals surface area (Å²) < 4.78 is -1.60. The molecule has 2 atom stereocenters. The van der Waals surface area contributed by atoms with Crippen LogP contribution in [0.1, 0.15) is 22.3 Å². The molecule has 3 aliphatic carbocycles. The largest absolute Gasteiger partial charge is 0.274 e. The third-order valence-corrected chi connectivity index (χ3v) is 10.4. The summed E-state index contributed by atoms with van der Waals surface area (Å²) in [7, 11) is 0. The van der Waals surface area contributed by atoms with Crippen molar-refractivity contribution in [3.8, 4) is 0 Å². The molecule has 0 aromatic heterocycles. The van der Waals surface area contributed by atoms with Crippen molar-refractivity contribution in [1.82, 2.24) is 0 Å². The van der Waals surface area contributed by atoms with Gasteiger partial charge in [-0.15, -0.1) is 0 Å². The van der Waals surface area contributed by atoms with Gasteiger partial charge in [-0.1, -0.05) is 98.6 Å². The summed E-state index contributed by atoms with van der Waals surface area (Å²) in [5, 5.41) is 8.54. The highest BCUT2D eigenvalue weighted by Gasteiger charge is 2.72. The fraction of sp³-hybridized carbons (Fsp3) is 0.133. The van der Waals surface area contributed by atoms with Crippen LogP contribution in [0.15, 0.2) is 113 Å². The van der Waals surface area contributed by atoms with E-state index in [1.165, 1.54) is 4.90 Å². The van der Waals surface area contributed by atoms with Crippen molar-refractivity contribution in [1.29, 1.82) is 0 Å². The Hall–Kier alpha value is -3.42. The highest BCUT2D eigenvalue weighted by atomic mass is 79.9. The van der Waals surface area contributed by atoms with Crippen LogP contribution in [0, 0.1) is 11.8 Å². The number of anilines is 1. The summed E-state index contributed by atoms with van der Waals surface area (Å²) in [5.74, 6) is -1.61. The predicted octanol–water partition coefficient (Wildman–Crippen LogP) is 7.51. The van der Waals surface area contributed by atoms with Crippen molar-refractivity contribution in [3.63, 3.8) is 0 Å². The average Bonchev–Trinajstić information content (AvgIpc) is 3.22. The normalized spacial score (nSPS) is 27.4. The maximum absolute atomic E-state index is 14.1. The molecule has 0 radical (unpaired) electrons. The number of halogens is 2. The lowest BCUT2D eigenvalue weighted by Crippen LogP contribution is -2.56. The summed E-state index contributed by atoms with van der Waals surface area (Å²) >= 11 is 8.07. The number of imide groups is 1. The third-order valence-electron chi connectivity index (χ3n) is 7.73. The highest BCUT2D eigenvalue weighted by Crippen LogP contribution is 2.70. The van der Waals surface area contributed by atoms with Crippen LogP contribution in [-0.4, -0.2) is 11.8 Å². The van der Waals surface area contributed by atoms with Gasteiger partial charge in [0, 0.05) is 0 Å². The topological polar surface area (TPSA) is 62.1 Å². The zero-order valence-corrected chi connectivity index (χ0v) is 22.6. The number of carbonyl (C=O) groups excluding carboxylic acids is 2. The molecular formula is C30H19Br2N3O2. The van der Waals surface area contributed by atoms with Crippen LogP contribution in [0.5, 0.6) is 0 Å². The molecule has 8 rings (SSSR count). The lowest BCUT2D eigenvalue weighted by molar-refractivity contribution is -0.122. The van der Waals surface area contributed by atoms with Crippen LogP contribution < -0.4 is 4.90 Å². The summed E-state index contributed by atoms with van der Waals surface area (Å²) in [4.78, 5) is 29.6. The molecule has 0 saturated carbocycles. The van der Waals surface area contributed by atoms with E-state index in [1.807, 2.05) is 54.6 Å². The molecule has 1 fully saturated rings. The minimum absolute atomic E-state index is 0.210. The van der Waals surface area contributed by atoms with E-state index >= 15 is 0 Å². The third kappa shape index (κ3) is 2.95. The minimum Gasteiger partial charge on any atom is -0.274 e. The van der Waals surface area contributed by atoms with Gasteiger partial charge in [-0.25, -0.2) is 4.90 Å². The minimum atomic E-state index is -0.800. The maximum atomic E-state index is 14.1. The predicted molar refractivity (Wildman–Crippen MR) is 149 cm³/mol. The molecule has 4 aromatic rings. The van der Waals surface area contributed by atoms with Gasteiger partial charge in [-0.2, -0.15) is 10.2 Å². The molecule has 0 N–H and O–H groups in total. The Morgan fingerprint density at radius 1 is 0.541 bits per heavy atom. The van der Waals surface area contributed by atoms with Gasteiger partial charge in [0.15, 0.2) is 0 Å². The number of rotatable bonds is 3. The fourth-order valence-electron chi connectivity index (χ4n) is 6.20. The van der Waals surface area contributed by atoms with Crippen molar-refractivity contribution in [3.05, 3.63) is 125 Å². The zero-order chi connectivity index (χ0) is 25.4. The summed E-state index contributed by atoms with van der Waals surface area (Å²) in [6.07, 6.45) is 0. The Kier molecular flexibility index (Phi) is 4.94. The van der Waals surface area contributed by atoms with Crippen molar-refractivity contribution < 1.29 is 9.59 Å². The summed E-state index contributed by atoms with van der Waals surface area (Å²) in [6, 6.07) is 32.7.